The Kier molecular flexibility index (Phi) is 7.75. The number of thiazole rings is 1. The van der Waals surface area contributed by atoms with Gasteiger partial charge in [-0.1, -0.05) is 13.8 Å². The molecule has 0 radical (unpaired) electrons. The molecule has 0 atom stereocenters. The SMILES string of the molecule is CCN(CC)CCN(C)C(=O)c1sc(-c2cc(C(F)(F)F)cc(C(F)(F)F)c2)nc1C. The number of rotatable bonds is 7. The van der Waals surface area contributed by atoms with Crippen molar-refractivity contribution in [2.45, 2.75) is 33.1 Å². The molecule has 1 aromatic carbocycles. The van der Waals surface area contributed by atoms with E-state index < -0.39 is 23.5 Å². The van der Waals surface area contributed by atoms with E-state index in [4.69, 9.17) is 0 Å². The molecule has 0 aliphatic rings. The topological polar surface area (TPSA) is 36.4 Å². The van der Waals surface area contributed by atoms with Gasteiger partial charge in [-0.2, -0.15) is 26.3 Å². The smallest absolute Gasteiger partial charge is 0.340 e. The van der Waals surface area contributed by atoms with E-state index >= 15 is 0 Å². The fourth-order valence-electron chi connectivity index (χ4n) is 2.90. The van der Waals surface area contributed by atoms with E-state index in [9.17, 15) is 31.1 Å². The first-order valence-corrected chi connectivity index (χ1v) is 10.3. The van der Waals surface area contributed by atoms with Crippen LogP contribution in [0.15, 0.2) is 18.2 Å². The van der Waals surface area contributed by atoms with E-state index in [1.807, 2.05) is 13.8 Å². The molecule has 11 heteroatoms. The number of carbonyl (C=O) groups is 1. The third kappa shape index (κ3) is 6.19. The lowest BCUT2D eigenvalue weighted by atomic mass is 10.1. The van der Waals surface area contributed by atoms with Crippen LogP contribution in [-0.2, 0) is 12.4 Å². The lowest BCUT2D eigenvalue weighted by molar-refractivity contribution is -0.143. The molecule has 0 spiro atoms. The number of aromatic nitrogens is 1. The van der Waals surface area contributed by atoms with Gasteiger partial charge in [0.25, 0.3) is 5.91 Å². The zero-order valence-electron chi connectivity index (χ0n) is 17.5. The van der Waals surface area contributed by atoms with Crippen LogP contribution in [0.3, 0.4) is 0 Å². The number of halogens is 6. The molecule has 0 aliphatic carbocycles. The molecule has 1 amide bonds. The third-order valence-electron chi connectivity index (χ3n) is 4.82. The Morgan fingerprint density at radius 3 is 1.94 bits per heavy atom. The summed E-state index contributed by atoms with van der Waals surface area (Å²) in [7, 11) is 1.59. The van der Waals surface area contributed by atoms with Crippen molar-refractivity contribution < 1.29 is 31.1 Å². The Labute approximate surface area is 180 Å². The number of amides is 1. The summed E-state index contributed by atoms with van der Waals surface area (Å²) in [6.45, 7) is 8.20. The molecule has 0 N–H and O–H groups in total. The summed E-state index contributed by atoms with van der Waals surface area (Å²) in [4.78, 5) is 20.6. The average molecular weight is 467 g/mol. The van der Waals surface area contributed by atoms with Crippen LogP contribution in [0.2, 0.25) is 0 Å². The first-order chi connectivity index (χ1) is 14.3. The highest BCUT2D eigenvalue weighted by atomic mass is 32.1. The van der Waals surface area contributed by atoms with Crippen molar-refractivity contribution in [3.8, 4) is 10.6 Å². The molecule has 0 saturated heterocycles. The van der Waals surface area contributed by atoms with Gasteiger partial charge in [-0.05, 0) is 38.2 Å². The Bertz CT molecular complexity index is 886. The second-order valence-electron chi connectivity index (χ2n) is 6.98. The minimum atomic E-state index is -4.95. The number of aryl methyl sites for hydroxylation is 1. The molecule has 2 aromatic rings. The number of carbonyl (C=O) groups excluding carboxylic acids is 1. The van der Waals surface area contributed by atoms with Crippen LogP contribution in [0.5, 0.6) is 0 Å². The number of likely N-dealkylation sites (N-methyl/N-ethyl adjacent to an activating group) is 2. The van der Waals surface area contributed by atoms with E-state index in [0.29, 0.717) is 25.2 Å². The standard InChI is InChI=1S/C20H23F6N3OS/c1-5-29(6-2)8-7-28(4)18(30)16-12(3)27-17(31-16)13-9-14(19(21,22)23)11-15(10-13)20(24,25)26/h9-11H,5-8H2,1-4H3. The minimum Gasteiger partial charge on any atom is -0.340 e. The summed E-state index contributed by atoms with van der Waals surface area (Å²) in [6.07, 6.45) is -9.91. The van der Waals surface area contributed by atoms with E-state index in [-0.39, 0.29) is 33.1 Å². The van der Waals surface area contributed by atoms with Crippen LogP contribution in [0.4, 0.5) is 26.3 Å². The number of hydrogen-bond acceptors (Lipinski definition) is 4. The molecule has 1 aromatic heterocycles. The van der Waals surface area contributed by atoms with Gasteiger partial charge in [0.1, 0.15) is 9.88 Å². The van der Waals surface area contributed by atoms with Gasteiger partial charge in [0.15, 0.2) is 0 Å². The van der Waals surface area contributed by atoms with Crippen LogP contribution >= 0.6 is 11.3 Å². The first-order valence-electron chi connectivity index (χ1n) is 9.53. The number of nitrogens with zero attached hydrogens (tertiary/aromatic N) is 3. The molecule has 1 heterocycles. The van der Waals surface area contributed by atoms with Gasteiger partial charge in [0.05, 0.1) is 16.8 Å². The molecule has 0 saturated carbocycles. The van der Waals surface area contributed by atoms with Crippen molar-refractivity contribution >= 4 is 17.2 Å². The Morgan fingerprint density at radius 1 is 0.968 bits per heavy atom. The second-order valence-corrected chi connectivity index (χ2v) is 7.98. The van der Waals surface area contributed by atoms with Crippen molar-refractivity contribution in [1.82, 2.24) is 14.8 Å². The monoisotopic (exact) mass is 467 g/mol. The maximum absolute atomic E-state index is 13.1. The summed E-state index contributed by atoms with van der Waals surface area (Å²) < 4.78 is 78.8. The van der Waals surface area contributed by atoms with Gasteiger partial charge in [-0.25, -0.2) is 4.98 Å². The number of alkyl halides is 6. The van der Waals surface area contributed by atoms with Gasteiger partial charge in [0.2, 0.25) is 0 Å². The van der Waals surface area contributed by atoms with Crippen molar-refractivity contribution in [3.05, 3.63) is 39.9 Å². The zero-order valence-corrected chi connectivity index (χ0v) is 18.3. The predicted molar refractivity (Wildman–Crippen MR) is 107 cm³/mol. The van der Waals surface area contributed by atoms with Gasteiger partial charge in [-0.3, -0.25) is 4.79 Å². The van der Waals surface area contributed by atoms with Gasteiger partial charge in [-0.15, -0.1) is 11.3 Å². The minimum absolute atomic E-state index is 0.0665. The fraction of sp³-hybridized carbons (Fsp3) is 0.500. The highest BCUT2D eigenvalue weighted by Crippen LogP contribution is 2.39. The summed E-state index contributed by atoms with van der Waals surface area (Å²) in [5, 5.41) is -0.0745. The van der Waals surface area contributed by atoms with Gasteiger partial charge >= 0.3 is 12.4 Å². The summed E-state index contributed by atoms with van der Waals surface area (Å²) in [5.74, 6) is -0.378. The zero-order chi connectivity index (χ0) is 23.6. The van der Waals surface area contributed by atoms with Crippen LogP contribution < -0.4 is 0 Å². The first kappa shape index (κ1) is 25.1. The Hall–Kier alpha value is -2.14. The van der Waals surface area contributed by atoms with Gasteiger partial charge < -0.3 is 9.80 Å². The van der Waals surface area contributed by atoms with E-state index in [1.165, 1.54) is 11.8 Å². The summed E-state index contributed by atoms with van der Waals surface area (Å²) in [6, 6.07) is 1.30. The lowest BCUT2D eigenvalue weighted by Crippen LogP contribution is -2.36. The molecule has 0 unspecified atom stereocenters. The maximum Gasteiger partial charge on any atom is 0.416 e. The van der Waals surface area contributed by atoms with Crippen molar-refractivity contribution in [2.24, 2.45) is 0 Å². The van der Waals surface area contributed by atoms with E-state index in [0.717, 1.165) is 24.4 Å². The molecule has 172 valence electrons. The molecular weight excluding hydrogens is 444 g/mol. The fourth-order valence-corrected chi connectivity index (χ4v) is 3.95. The summed E-state index contributed by atoms with van der Waals surface area (Å²) in [5.41, 5.74) is -2.92. The van der Waals surface area contributed by atoms with Crippen LogP contribution in [-0.4, -0.2) is 53.9 Å². The summed E-state index contributed by atoms with van der Waals surface area (Å²) >= 11 is 0.783. The van der Waals surface area contributed by atoms with Crippen molar-refractivity contribution in [1.29, 1.82) is 0 Å². The normalized spacial score (nSPS) is 12.5. The van der Waals surface area contributed by atoms with Gasteiger partial charge in [0, 0.05) is 25.7 Å². The highest BCUT2D eigenvalue weighted by molar-refractivity contribution is 7.17. The van der Waals surface area contributed by atoms with E-state index in [1.54, 1.807) is 7.05 Å². The molecule has 0 fully saturated rings. The number of hydrogen-bond donors (Lipinski definition) is 0. The Balaban J connectivity index is 2.38. The lowest BCUT2D eigenvalue weighted by Gasteiger charge is -2.22. The van der Waals surface area contributed by atoms with Crippen LogP contribution in [0.1, 0.15) is 40.3 Å². The maximum atomic E-state index is 13.1. The third-order valence-corrected chi connectivity index (χ3v) is 6.01. The van der Waals surface area contributed by atoms with Crippen LogP contribution in [0.25, 0.3) is 10.6 Å². The van der Waals surface area contributed by atoms with Crippen molar-refractivity contribution in [2.75, 3.05) is 33.2 Å². The highest BCUT2D eigenvalue weighted by Gasteiger charge is 2.37. The largest absolute Gasteiger partial charge is 0.416 e. The number of benzene rings is 1. The predicted octanol–water partition coefficient (Wildman–Crippen LogP) is 5.57. The molecule has 2 rings (SSSR count). The molecule has 4 nitrogen and oxygen atoms in total. The molecule has 0 bridgehead atoms. The quantitative estimate of drug-likeness (QED) is 0.500. The van der Waals surface area contributed by atoms with Crippen LogP contribution in [0, 0.1) is 6.92 Å². The van der Waals surface area contributed by atoms with E-state index in [2.05, 4.69) is 9.88 Å². The second kappa shape index (κ2) is 9.56. The molecular formula is C20H23F6N3OS. The van der Waals surface area contributed by atoms with Crippen molar-refractivity contribution in [3.63, 3.8) is 0 Å². The average Bonchev–Trinajstić information content (AvgIpc) is 3.08. The molecule has 31 heavy (non-hydrogen) atoms. The molecule has 0 aliphatic heterocycles. The Morgan fingerprint density at radius 2 is 1.48 bits per heavy atom.